The first-order chi connectivity index (χ1) is 8.69. The van der Waals surface area contributed by atoms with Crippen LogP contribution in [-0.4, -0.2) is 19.8 Å². The molecular formula is C17H29NO. The fraction of sp³-hybridized carbons (Fsp3) is 0.647. The molecule has 0 amide bonds. The van der Waals surface area contributed by atoms with Gasteiger partial charge in [0.25, 0.3) is 0 Å². The van der Waals surface area contributed by atoms with Gasteiger partial charge in [0.2, 0.25) is 0 Å². The lowest BCUT2D eigenvalue weighted by Crippen LogP contribution is -2.30. The number of nitrogens with one attached hydrogen (secondary N) is 1. The Morgan fingerprint density at radius 3 is 1.95 bits per heavy atom. The van der Waals surface area contributed by atoms with Crippen LogP contribution in [0.2, 0.25) is 0 Å². The van der Waals surface area contributed by atoms with Crippen molar-refractivity contribution in [3.8, 4) is 0 Å². The van der Waals surface area contributed by atoms with Crippen molar-refractivity contribution in [3.63, 3.8) is 0 Å². The summed E-state index contributed by atoms with van der Waals surface area (Å²) in [5, 5.41) is 3.39. The number of ether oxygens (including phenoxy) is 1. The highest BCUT2D eigenvalue weighted by molar-refractivity contribution is 5.29. The van der Waals surface area contributed by atoms with E-state index in [1.807, 2.05) is 7.05 Å². The highest BCUT2D eigenvalue weighted by Gasteiger charge is 2.23. The molecule has 0 spiro atoms. The van der Waals surface area contributed by atoms with E-state index < -0.39 is 0 Å². The average Bonchev–Trinajstić information content (AvgIpc) is 2.35. The smallest absolute Gasteiger partial charge is 0.0640 e. The minimum atomic E-state index is -0.115. The summed E-state index contributed by atoms with van der Waals surface area (Å²) in [5.41, 5.74) is 2.79. The lowest BCUT2D eigenvalue weighted by molar-refractivity contribution is 0.00744. The van der Waals surface area contributed by atoms with E-state index in [0.717, 1.165) is 6.42 Å². The van der Waals surface area contributed by atoms with Crippen molar-refractivity contribution in [2.45, 2.75) is 58.1 Å². The Balaban J connectivity index is 2.89. The first kappa shape index (κ1) is 16.2. The van der Waals surface area contributed by atoms with E-state index in [0.29, 0.717) is 6.04 Å². The first-order valence-electron chi connectivity index (χ1n) is 7.02. The molecule has 0 aliphatic rings. The van der Waals surface area contributed by atoms with Gasteiger partial charge in [-0.15, -0.1) is 0 Å². The second-order valence-corrected chi connectivity index (χ2v) is 6.88. The van der Waals surface area contributed by atoms with Gasteiger partial charge in [0.15, 0.2) is 0 Å². The van der Waals surface area contributed by atoms with Crippen LogP contribution >= 0.6 is 0 Å². The molecule has 1 atom stereocenters. The minimum absolute atomic E-state index is 0.115. The van der Waals surface area contributed by atoms with Crippen molar-refractivity contribution < 1.29 is 4.74 Å². The second kappa shape index (κ2) is 6.06. The zero-order valence-corrected chi connectivity index (χ0v) is 13.5. The maximum atomic E-state index is 5.53. The van der Waals surface area contributed by atoms with Gasteiger partial charge in [-0.05, 0) is 43.9 Å². The molecule has 0 fully saturated rings. The van der Waals surface area contributed by atoms with Gasteiger partial charge >= 0.3 is 0 Å². The Bertz CT molecular complexity index is 387. The van der Waals surface area contributed by atoms with Crippen molar-refractivity contribution in [2.75, 3.05) is 14.2 Å². The number of hydrogen-bond acceptors (Lipinski definition) is 2. The van der Waals surface area contributed by atoms with Gasteiger partial charge in [0, 0.05) is 13.2 Å². The summed E-state index contributed by atoms with van der Waals surface area (Å²) in [4.78, 5) is 0. The van der Waals surface area contributed by atoms with Gasteiger partial charge in [-0.2, -0.15) is 0 Å². The molecule has 0 saturated heterocycles. The molecule has 2 heteroatoms. The summed E-state index contributed by atoms with van der Waals surface area (Å²) in [6.07, 6.45) is 0.953. The predicted molar refractivity (Wildman–Crippen MR) is 82.6 cm³/mol. The second-order valence-electron chi connectivity index (χ2n) is 6.88. The van der Waals surface area contributed by atoms with Crippen molar-refractivity contribution in [1.82, 2.24) is 5.32 Å². The third kappa shape index (κ3) is 4.63. The fourth-order valence-electron chi connectivity index (χ4n) is 2.18. The van der Waals surface area contributed by atoms with Gasteiger partial charge in [-0.3, -0.25) is 0 Å². The Labute approximate surface area is 118 Å². The number of benzene rings is 1. The Hall–Kier alpha value is -0.860. The monoisotopic (exact) mass is 263 g/mol. The third-order valence-corrected chi connectivity index (χ3v) is 3.78. The topological polar surface area (TPSA) is 21.3 Å². The van der Waals surface area contributed by atoms with E-state index in [2.05, 4.69) is 64.2 Å². The van der Waals surface area contributed by atoms with E-state index >= 15 is 0 Å². The molecule has 0 aliphatic heterocycles. The summed E-state index contributed by atoms with van der Waals surface area (Å²) in [5.74, 6) is 0. The van der Waals surface area contributed by atoms with Crippen LogP contribution in [0.1, 0.15) is 58.2 Å². The highest BCUT2D eigenvalue weighted by Crippen LogP contribution is 2.28. The van der Waals surface area contributed by atoms with Gasteiger partial charge in [0.1, 0.15) is 0 Å². The fourth-order valence-corrected chi connectivity index (χ4v) is 2.18. The molecule has 1 rings (SSSR count). The van der Waals surface area contributed by atoms with E-state index in [-0.39, 0.29) is 11.0 Å². The molecule has 0 heterocycles. The van der Waals surface area contributed by atoms with Gasteiger partial charge in [0.05, 0.1) is 5.60 Å². The van der Waals surface area contributed by atoms with E-state index in [4.69, 9.17) is 4.74 Å². The minimum Gasteiger partial charge on any atom is -0.379 e. The molecule has 0 radical (unpaired) electrons. The summed E-state index contributed by atoms with van der Waals surface area (Å²) < 4.78 is 5.53. The summed E-state index contributed by atoms with van der Waals surface area (Å²) in [6, 6.07) is 9.25. The zero-order valence-electron chi connectivity index (χ0n) is 13.5. The maximum Gasteiger partial charge on any atom is 0.0640 e. The summed E-state index contributed by atoms with van der Waals surface area (Å²) in [6.45, 7) is 11.0. The normalized spacial score (nSPS) is 14.5. The van der Waals surface area contributed by atoms with Crippen LogP contribution in [0.5, 0.6) is 0 Å². The molecule has 0 aromatic heterocycles. The Morgan fingerprint density at radius 2 is 1.58 bits per heavy atom. The van der Waals surface area contributed by atoms with Crippen molar-refractivity contribution in [3.05, 3.63) is 35.4 Å². The van der Waals surface area contributed by atoms with Crippen molar-refractivity contribution >= 4 is 0 Å². The van der Waals surface area contributed by atoms with Crippen LogP contribution in [-0.2, 0) is 10.2 Å². The lowest BCUT2D eigenvalue weighted by Gasteiger charge is -2.29. The van der Waals surface area contributed by atoms with Crippen LogP contribution in [0.15, 0.2) is 24.3 Å². The van der Waals surface area contributed by atoms with Gasteiger partial charge in [-0.25, -0.2) is 0 Å². The molecule has 1 aromatic carbocycles. The highest BCUT2D eigenvalue weighted by atomic mass is 16.5. The van der Waals surface area contributed by atoms with Gasteiger partial charge in [-0.1, -0.05) is 45.0 Å². The summed E-state index contributed by atoms with van der Waals surface area (Å²) in [7, 11) is 3.78. The molecule has 2 nitrogen and oxygen atoms in total. The molecule has 19 heavy (non-hydrogen) atoms. The van der Waals surface area contributed by atoms with Crippen LogP contribution in [0.3, 0.4) is 0 Å². The Kier molecular flexibility index (Phi) is 5.17. The van der Waals surface area contributed by atoms with Gasteiger partial charge < -0.3 is 10.1 Å². The van der Waals surface area contributed by atoms with E-state index in [1.54, 1.807) is 7.11 Å². The molecule has 0 aliphatic carbocycles. The van der Waals surface area contributed by atoms with Crippen LogP contribution < -0.4 is 5.32 Å². The number of rotatable bonds is 5. The van der Waals surface area contributed by atoms with Crippen molar-refractivity contribution in [1.29, 1.82) is 0 Å². The maximum absolute atomic E-state index is 5.53. The standard InChI is InChI=1S/C17H29NO/c1-16(2,3)14-10-8-13(9-11-14)15(18-6)12-17(4,5)19-7/h8-11,15,18H,12H2,1-7H3. The van der Waals surface area contributed by atoms with Crippen LogP contribution in [0.25, 0.3) is 0 Å². The largest absolute Gasteiger partial charge is 0.379 e. The number of methoxy groups -OCH3 is 1. The first-order valence-corrected chi connectivity index (χ1v) is 7.02. The quantitative estimate of drug-likeness (QED) is 0.865. The Morgan fingerprint density at radius 1 is 1.05 bits per heavy atom. The molecule has 1 aromatic rings. The molecule has 1 unspecified atom stereocenters. The van der Waals surface area contributed by atoms with Crippen LogP contribution in [0, 0.1) is 0 Å². The van der Waals surface area contributed by atoms with E-state index in [9.17, 15) is 0 Å². The molecular weight excluding hydrogens is 234 g/mol. The lowest BCUT2D eigenvalue weighted by atomic mass is 9.85. The molecule has 1 N–H and O–H groups in total. The SMILES string of the molecule is CNC(CC(C)(C)OC)c1ccc(C(C)(C)C)cc1. The third-order valence-electron chi connectivity index (χ3n) is 3.78. The summed E-state index contributed by atoms with van der Waals surface area (Å²) >= 11 is 0. The van der Waals surface area contributed by atoms with Crippen molar-refractivity contribution in [2.24, 2.45) is 0 Å². The zero-order chi connectivity index (χ0) is 14.7. The average molecular weight is 263 g/mol. The molecule has 108 valence electrons. The molecule has 0 bridgehead atoms. The van der Waals surface area contributed by atoms with E-state index in [1.165, 1.54) is 11.1 Å². The number of hydrogen-bond donors (Lipinski definition) is 1. The predicted octanol–water partition coefficient (Wildman–Crippen LogP) is 4.06. The van der Waals surface area contributed by atoms with Crippen LogP contribution in [0.4, 0.5) is 0 Å². The molecule has 0 saturated carbocycles.